The minimum Gasteiger partial charge on any atom is -0.368 e. The maximum absolute atomic E-state index is 11.8. The number of nitrogens with zero attached hydrogens (tertiary/aromatic N) is 2. The number of aromatic nitrogens is 1. The first kappa shape index (κ1) is 19.4. The van der Waals surface area contributed by atoms with Gasteiger partial charge in [0.25, 0.3) is 0 Å². The maximum Gasteiger partial charge on any atom is 0.314 e. The van der Waals surface area contributed by atoms with Gasteiger partial charge in [-0.25, -0.2) is 9.78 Å². The van der Waals surface area contributed by atoms with Crippen molar-refractivity contribution in [2.24, 2.45) is 5.92 Å². The molecule has 1 aromatic heterocycles. The zero-order valence-electron chi connectivity index (χ0n) is 16.2. The van der Waals surface area contributed by atoms with Crippen molar-refractivity contribution in [2.45, 2.75) is 26.2 Å². The first-order chi connectivity index (χ1) is 13.2. The minimum absolute atomic E-state index is 0.101. The monoisotopic (exact) mass is 369 g/mol. The van der Waals surface area contributed by atoms with E-state index in [0.29, 0.717) is 13.1 Å². The highest BCUT2D eigenvalue weighted by molar-refractivity contribution is 5.80. The highest BCUT2D eigenvalue weighted by atomic mass is 16.2. The number of anilines is 1. The van der Waals surface area contributed by atoms with Crippen LogP contribution in [0.25, 0.3) is 10.9 Å². The zero-order valence-corrected chi connectivity index (χ0v) is 16.2. The van der Waals surface area contributed by atoms with E-state index < -0.39 is 0 Å². The summed E-state index contributed by atoms with van der Waals surface area (Å²) in [6.07, 6.45) is 3.60. The summed E-state index contributed by atoms with van der Waals surface area (Å²) in [5, 5.41) is 10.2. The number of pyridine rings is 1. The third kappa shape index (κ3) is 6.40. The van der Waals surface area contributed by atoms with Crippen molar-refractivity contribution in [1.29, 1.82) is 0 Å². The molecule has 0 bridgehead atoms. The molecule has 6 nitrogen and oxygen atoms in total. The molecule has 6 heteroatoms. The number of urea groups is 1. The van der Waals surface area contributed by atoms with Crippen LogP contribution in [0, 0.1) is 5.92 Å². The highest BCUT2D eigenvalue weighted by Crippen LogP contribution is 2.16. The molecule has 1 aliphatic heterocycles. The standard InChI is InChI=1S/C21H31N5O/c1-17-9-15-26(16-10-17)14-4-11-23-21(27)24-13-12-22-20-8-7-18-5-2-3-6-19(18)25-20/h2-3,5-8,17H,4,9-16H2,1H3,(H,22,25)(H2,23,24,27). The van der Waals surface area contributed by atoms with Crippen molar-refractivity contribution in [3.05, 3.63) is 36.4 Å². The fraction of sp³-hybridized carbons (Fsp3) is 0.524. The Kier molecular flexibility index (Phi) is 7.27. The second kappa shape index (κ2) is 10.1. The van der Waals surface area contributed by atoms with Crippen LogP contribution in [0.5, 0.6) is 0 Å². The van der Waals surface area contributed by atoms with Crippen LogP contribution >= 0.6 is 0 Å². The molecule has 1 aliphatic rings. The molecule has 2 amide bonds. The quantitative estimate of drug-likeness (QED) is 0.626. The van der Waals surface area contributed by atoms with E-state index >= 15 is 0 Å². The van der Waals surface area contributed by atoms with Crippen molar-refractivity contribution in [2.75, 3.05) is 44.6 Å². The topological polar surface area (TPSA) is 69.3 Å². The van der Waals surface area contributed by atoms with Gasteiger partial charge in [0, 0.05) is 25.0 Å². The van der Waals surface area contributed by atoms with Gasteiger partial charge >= 0.3 is 6.03 Å². The number of carbonyl (C=O) groups is 1. The maximum atomic E-state index is 11.8. The molecule has 0 saturated carbocycles. The number of amides is 2. The van der Waals surface area contributed by atoms with E-state index in [1.54, 1.807) is 0 Å². The van der Waals surface area contributed by atoms with Gasteiger partial charge in [-0.05, 0) is 63.0 Å². The number of rotatable bonds is 8. The molecular formula is C21H31N5O. The van der Waals surface area contributed by atoms with Crippen molar-refractivity contribution < 1.29 is 4.79 Å². The van der Waals surface area contributed by atoms with Gasteiger partial charge < -0.3 is 20.9 Å². The van der Waals surface area contributed by atoms with Crippen LogP contribution in [-0.4, -0.2) is 55.2 Å². The summed E-state index contributed by atoms with van der Waals surface area (Å²) in [7, 11) is 0. The van der Waals surface area contributed by atoms with Gasteiger partial charge in [0.2, 0.25) is 0 Å². The normalized spacial score (nSPS) is 15.6. The zero-order chi connectivity index (χ0) is 18.9. The lowest BCUT2D eigenvalue weighted by molar-refractivity contribution is 0.190. The number of benzene rings is 1. The lowest BCUT2D eigenvalue weighted by atomic mass is 9.99. The summed E-state index contributed by atoms with van der Waals surface area (Å²) in [5.41, 5.74) is 0.969. The minimum atomic E-state index is -0.101. The Labute approximate surface area is 161 Å². The second-order valence-electron chi connectivity index (χ2n) is 7.38. The second-order valence-corrected chi connectivity index (χ2v) is 7.38. The van der Waals surface area contributed by atoms with Crippen molar-refractivity contribution in [3.63, 3.8) is 0 Å². The Morgan fingerprint density at radius 3 is 2.70 bits per heavy atom. The number of likely N-dealkylation sites (tertiary alicyclic amines) is 1. The molecule has 2 heterocycles. The van der Waals surface area contributed by atoms with Gasteiger partial charge in [-0.3, -0.25) is 0 Å². The van der Waals surface area contributed by atoms with Gasteiger partial charge in [0.05, 0.1) is 5.52 Å². The molecule has 3 rings (SSSR count). The van der Waals surface area contributed by atoms with E-state index in [2.05, 4.69) is 32.8 Å². The number of carbonyl (C=O) groups excluding carboxylic acids is 1. The SMILES string of the molecule is CC1CCN(CCCNC(=O)NCCNc2ccc3ccccc3n2)CC1. The molecule has 0 atom stereocenters. The molecular weight excluding hydrogens is 338 g/mol. The molecule has 2 aromatic rings. The Morgan fingerprint density at radius 1 is 1.07 bits per heavy atom. The molecule has 0 spiro atoms. The van der Waals surface area contributed by atoms with Crippen LogP contribution in [-0.2, 0) is 0 Å². The first-order valence-electron chi connectivity index (χ1n) is 10.0. The summed E-state index contributed by atoms with van der Waals surface area (Å²) < 4.78 is 0. The molecule has 1 fully saturated rings. The van der Waals surface area contributed by atoms with Crippen molar-refractivity contribution in [1.82, 2.24) is 20.5 Å². The van der Waals surface area contributed by atoms with E-state index in [0.717, 1.165) is 42.1 Å². The average molecular weight is 370 g/mol. The number of piperidine rings is 1. The van der Waals surface area contributed by atoms with Gasteiger partial charge in [-0.1, -0.05) is 25.1 Å². The fourth-order valence-corrected chi connectivity index (χ4v) is 3.38. The Balaban J connectivity index is 1.25. The lowest BCUT2D eigenvalue weighted by Crippen LogP contribution is -2.40. The number of fused-ring (bicyclic) bond motifs is 1. The number of para-hydroxylation sites is 1. The van der Waals surface area contributed by atoms with E-state index in [4.69, 9.17) is 0 Å². The Bertz CT molecular complexity index is 727. The van der Waals surface area contributed by atoms with Crippen LogP contribution in [0.4, 0.5) is 10.6 Å². The molecule has 0 aliphatic carbocycles. The highest BCUT2D eigenvalue weighted by Gasteiger charge is 2.14. The molecule has 0 radical (unpaired) electrons. The van der Waals surface area contributed by atoms with Gasteiger partial charge in [0.15, 0.2) is 0 Å². The van der Waals surface area contributed by atoms with E-state index in [-0.39, 0.29) is 6.03 Å². The molecule has 3 N–H and O–H groups in total. The van der Waals surface area contributed by atoms with Crippen molar-refractivity contribution >= 4 is 22.8 Å². The van der Waals surface area contributed by atoms with Crippen LogP contribution in [0.2, 0.25) is 0 Å². The van der Waals surface area contributed by atoms with E-state index in [1.807, 2.05) is 36.4 Å². The summed E-state index contributed by atoms with van der Waals surface area (Å²) in [6, 6.07) is 11.9. The van der Waals surface area contributed by atoms with E-state index in [1.165, 1.54) is 25.9 Å². The molecule has 27 heavy (non-hydrogen) atoms. The summed E-state index contributed by atoms with van der Waals surface area (Å²) >= 11 is 0. The molecule has 146 valence electrons. The smallest absolute Gasteiger partial charge is 0.314 e. The van der Waals surface area contributed by atoms with Gasteiger partial charge in [0.1, 0.15) is 5.82 Å². The number of nitrogens with one attached hydrogen (secondary N) is 3. The predicted molar refractivity (Wildman–Crippen MR) is 111 cm³/mol. The first-order valence-corrected chi connectivity index (χ1v) is 10.0. The Hall–Kier alpha value is -2.34. The summed E-state index contributed by atoms with van der Waals surface area (Å²) in [4.78, 5) is 18.9. The van der Waals surface area contributed by atoms with Crippen LogP contribution < -0.4 is 16.0 Å². The number of hydrogen-bond acceptors (Lipinski definition) is 4. The van der Waals surface area contributed by atoms with Gasteiger partial charge in [-0.15, -0.1) is 0 Å². The third-order valence-corrected chi connectivity index (χ3v) is 5.13. The third-order valence-electron chi connectivity index (χ3n) is 5.13. The Morgan fingerprint density at radius 2 is 1.85 bits per heavy atom. The van der Waals surface area contributed by atoms with Crippen LogP contribution in [0.15, 0.2) is 36.4 Å². The molecule has 1 aromatic carbocycles. The van der Waals surface area contributed by atoms with Crippen molar-refractivity contribution in [3.8, 4) is 0 Å². The fourth-order valence-electron chi connectivity index (χ4n) is 3.38. The largest absolute Gasteiger partial charge is 0.368 e. The molecule has 0 unspecified atom stereocenters. The van der Waals surface area contributed by atoms with E-state index in [9.17, 15) is 4.79 Å². The van der Waals surface area contributed by atoms with Gasteiger partial charge in [-0.2, -0.15) is 0 Å². The van der Waals surface area contributed by atoms with Crippen LogP contribution in [0.3, 0.4) is 0 Å². The predicted octanol–water partition coefficient (Wildman–Crippen LogP) is 3.07. The average Bonchev–Trinajstić information content (AvgIpc) is 2.70. The molecule has 1 saturated heterocycles. The number of hydrogen-bond donors (Lipinski definition) is 3. The van der Waals surface area contributed by atoms with Crippen LogP contribution in [0.1, 0.15) is 26.2 Å². The lowest BCUT2D eigenvalue weighted by Gasteiger charge is -2.30. The summed E-state index contributed by atoms with van der Waals surface area (Å²) in [5.74, 6) is 1.69. The summed E-state index contributed by atoms with van der Waals surface area (Å²) in [6.45, 7) is 7.71.